The van der Waals surface area contributed by atoms with Crippen LogP contribution in [0.25, 0.3) is 0 Å². The number of hydrogen-bond donors (Lipinski definition) is 1. The SMILES string of the molecule is CCN(C(=O)O)S(=O)(=O)c1nccnc1C. The van der Waals surface area contributed by atoms with Crippen molar-refractivity contribution >= 4 is 16.1 Å². The summed E-state index contributed by atoms with van der Waals surface area (Å²) in [5.41, 5.74) is 0.169. The van der Waals surface area contributed by atoms with E-state index in [1.165, 1.54) is 26.2 Å². The molecule has 1 heterocycles. The topological polar surface area (TPSA) is 100 Å². The number of aromatic nitrogens is 2. The summed E-state index contributed by atoms with van der Waals surface area (Å²) in [6, 6.07) is 0. The predicted molar refractivity (Wildman–Crippen MR) is 54.4 cm³/mol. The van der Waals surface area contributed by atoms with Gasteiger partial charge in [-0.05, 0) is 13.8 Å². The van der Waals surface area contributed by atoms with Crippen molar-refractivity contribution in [2.45, 2.75) is 18.9 Å². The molecule has 8 heteroatoms. The summed E-state index contributed by atoms with van der Waals surface area (Å²) in [5.74, 6) is 0. The van der Waals surface area contributed by atoms with E-state index in [2.05, 4.69) is 9.97 Å². The van der Waals surface area contributed by atoms with Crippen molar-refractivity contribution in [3.8, 4) is 0 Å². The third-order valence-corrected chi connectivity index (χ3v) is 3.76. The van der Waals surface area contributed by atoms with Crippen LogP contribution in [0.3, 0.4) is 0 Å². The van der Waals surface area contributed by atoms with E-state index >= 15 is 0 Å². The second-order valence-corrected chi connectivity index (χ2v) is 4.68. The van der Waals surface area contributed by atoms with E-state index < -0.39 is 16.1 Å². The number of sulfonamides is 1. The molecule has 0 bridgehead atoms. The van der Waals surface area contributed by atoms with Crippen LogP contribution in [0.15, 0.2) is 17.4 Å². The summed E-state index contributed by atoms with van der Waals surface area (Å²) < 4.78 is 24.1. The van der Waals surface area contributed by atoms with Crippen LogP contribution in [-0.4, -0.2) is 40.4 Å². The maximum Gasteiger partial charge on any atom is 0.421 e. The fraction of sp³-hybridized carbons (Fsp3) is 0.375. The van der Waals surface area contributed by atoms with Crippen LogP contribution in [0.1, 0.15) is 12.6 Å². The van der Waals surface area contributed by atoms with Gasteiger partial charge in [-0.1, -0.05) is 0 Å². The van der Waals surface area contributed by atoms with Gasteiger partial charge in [0.2, 0.25) is 0 Å². The minimum absolute atomic E-state index is 0.169. The Hall–Kier alpha value is -1.70. The molecule has 0 atom stereocenters. The predicted octanol–water partition coefficient (Wildman–Crippen LogP) is 0.474. The summed E-state index contributed by atoms with van der Waals surface area (Å²) in [5, 5.41) is 8.43. The van der Waals surface area contributed by atoms with Gasteiger partial charge in [-0.15, -0.1) is 0 Å². The van der Waals surface area contributed by atoms with E-state index in [9.17, 15) is 13.2 Å². The zero-order chi connectivity index (χ0) is 12.3. The van der Waals surface area contributed by atoms with Crippen LogP contribution in [0, 0.1) is 6.92 Å². The van der Waals surface area contributed by atoms with Gasteiger partial charge in [0.15, 0.2) is 5.03 Å². The van der Waals surface area contributed by atoms with Gasteiger partial charge in [0.05, 0.1) is 5.69 Å². The van der Waals surface area contributed by atoms with E-state index in [-0.39, 0.29) is 17.3 Å². The van der Waals surface area contributed by atoms with E-state index in [0.717, 1.165) is 0 Å². The second kappa shape index (κ2) is 4.44. The van der Waals surface area contributed by atoms with E-state index in [0.29, 0.717) is 4.31 Å². The number of carboxylic acid groups (broad SMARTS) is 1. The van der Waals surface area contributed by atoms with Gasteiger partial charge in [-0.3, -0.25) is 4.98 Å². The number of rotatable bonds is 3. The average molecular weight is 245 g/mol. The summed E-state index contributed by atoms with van der Waals surface area (Å²) in [6.45, 7) is 2.71. The van der Waals surface area contributed by atoms with Gasteiger partial charge < -0.3 is 5.11 Å². The molecule has 1 rings (SSSR count). The monoisotopic (exact) mass is 245 g/mol. The van der Waals surface area contributed by atoms with Crippen molar-refractivity contribution in [3.05, 3.63) is 18.1 Å². The highest BCUT2D eigenvalue weighted by molar-refractivity contribution is 7.89. The number of nitrogens with zero attached hydrogens (tertiary/aromatic N) is 3. The van der Waals surface area contributed by atoms with Crippen LogP contribution < -0.4 is 0 Å². The van der Waals surface area contributed by atoms with Gasteiger partial charge >= 0.3 is 6.09 Å². The number of amides is 1. The Morgan fingerprint density at radius 1 is 1.44 bits per heavy atom. The Balaban J connectivity index is 3.32. The Morgan fingerprint density at radius 2 is 2.00 bits per heavy atom. The third kappa shape index (κ3) is 2.11. The largest absolute Gasteiger partial charge is 0.464 e. The quantitative estimate of drug-likeness (QED) is 0.830. The maximum absolute atomic E-state index is 11.9. The van der Waals surface area contributed by atoms with Crippen LogP contribution in [0.5, 0.6) is 0 Å². The van der Waals surface area contributed by atoms with E-state index in [4.69, 9.17) is 5.11 Å². The first-order valence-corrected chi connectivity index (χ1v) is 5.88. The lowest BCUT2D eigenvalue weighted by Gasteiger charge is -2.16. The highest BCUT2D eigenvalue weighted by Crippen LogP contribution is 2.15. The van der Waals surface area contributed by atoms with E-state index in [1.807, 2.05) is 0 Å². The smallest absolute Gasteiger partial charge is 0.421 e. The molecule has 7 nitrogen and oxygen atoms in total. The molecule has 1 N–H and O–H groups in total. The van der Waals surface area contributed by atoms with E-state index in [1.54, 1.807) is 0 Å². The Morgan fingerprint density at radius 3 is 2.44 bits per heavy atom. The van der Waals surface area contributed by atoms with Crippen LogP contribution in [0.4, 0.5) is 4.79 Å². The van der Waals surface area contributed by atoms with Gasteiger partial charge in [-0.25, -0.2) is 9.78 Å². The van der Waals surface area contributed by atoms with Crippen LogP contribution >= 0.6 is 0 Å². The van der Waals surface area contributed by atoms with Crippen molar-refractivity contribution in [1.29, 1.82) is 0 Å². The lowest BCUT2D eigenvalue weighted by Crippen LogP contribution is -2.36. The van der Waals surface area contributed by atoms with Crippen molar-refractivity contribution in [2.24, 2.45) is 0 Å². The molecule has 0 aromatic carbocycles. The maximum atomic E-state index is 11.9. The van der Waals surface area contributed by atoms with Gasteiger partial charge in [0.1, 0.15) is 0 Å². The first kappa shape index (κ1) is 12.4. The highest BCUT2D eigenvalue weighted by atomic mass is 32.2. The second-order valence-electron chi connectivity index (χ2n) is 2.90. The molecule has 1 amide bonds. The zero-order valence-corrected chi connectivity index (χ0v) is 9.60. The molecule has 1 aromatic rings. The molecule has 0 aliphatic rings. The number of hydrogen-bond acceptors (Lipinski definition) is 5. The third-order valence-electron chi connectivity index (χ3n) is 1.87. The summed E-state index contributed by atoms with van der Waals surface area (Å²) in [4.78, 5) is 18.2. The normalized spacial score (nSPS) is 11.1. The molecule has 0 fully saturated rings. The molecule has 0 unspecified atom stereocenters. The Bertz CT molecular complexity index is 500. The summed E-state index contributed by atoms with van der Waals surface area (Å²) >= 11 is 0. The molecular formula is C8H11N3O4S. The van der Waals surface area contributed by atoms with Crippen molar-refractivity contribution in [2.75, 3.05) is 6.54 Å². The Labute approximate surface area is 92.8 Å². The number of carbonyl (C=O) groups is 1. The Kier molecular flexibility index (Phi) is 3.43. The van der Waals surface area contributed by atoms with Gasteiger partial charge in [0.25, 0.3) is 10.0 Å². The molecule has 0 aliphatic carbocycles. The molecule has 16 heavy (non-hydrogen) atoms. The highest BCUT2D eigenvalue weighted by Gasteiger charge is 2.30. The fourth-order valence-corrected chi connectivity index (χ4v) is 2.53. The number of aryl methyl sites for hydroxylation is 1. The van der Waals surface area contributed by atoms with Crippen LogP contribution in [-0.2, 0) is 10.0 Å². The van der Waals surface area contributed by atoms with Crippen molar-refractivity contribution in [1.82, 2.24) is 14.3 Å². The molecular weight excluding hydrogens is 234 g/mol. The first-order valence-electron chi connectivity index (χ1n) is 4.44. The van der Waals surface area contributed by atoms with Gasteiger partial charge in [0, 0.05) is 18.9 Å². The fourth-order valence-electron chi connectivity index (χ4n) is 1.16. The minimum atomic E-state index is -4.12. The first-order chi connectivity index (χ1) is 7.41. The summed E-state index contributed by atoms with van der Waals surface area (Å²) in [6.07, 6.45) is 1.01. The summed E-state index contributed by atoms with van der Waals surface area (Å²) in [7, 11) is -4.12. The minimum Gasteiger partial charge on any atom is -0.464 e. The van der Waals surface area contributed by atoms with Crippen molar-refractivity contribution in [3.63, 3.8) is 0 Å². The van der Waals surface area contributed by atoms with Gasteiger partial charge in [-0.2, -0.15) is 12.7 Å². The molecule has 0 saturated heterocycles. The lowest BCUT2D eigenvalue weighted by atomic mass is 10.5. The van der Waals surface area contributed by atoms with Crippen molar-refractivity contribution < 1.29 is 18.3 Å². The lowest BCUT2D eigenvalue weighted by molar-refractivity contribution is 0.173. The standard InChI is InChI=1S/C8H11N3O4S/c1-3-11(8(12)13)16(14,15)7-6(2)9-4-5-10-7/h4-5H,3H2,1-2H3,(H,12,13). The molecule has 0 saturated carbocycles. The average Bonchev–Trinajstić information content (AvgIpc) is 2.17. The zero-order valence-electron chi connectivity index (χ0n) is 8.78. The molecule has 0 spiro atoms. The molecule has 1 aromatic heterocycles. The molecule has 0 radical (unpaired) electrons. The van der Waals surface area contributed by atoms with Crippen LogP contribution in [0.2, 0.25) is 0 Å². The molecule has 88 valence electrons. The molecule has 0 aliphatic heterocycles.